The summed E-state index contributed by atoms with van der Waals surface area (Å²) in [4.78, 5) is 0. The quantitative estimate of drug-likeness (QED) is 0.218. The third-order valence-electron chi connectivity index (χ3n) is 3.88. The van der Waals surface area contributed by atoms with Gasteiger partial charge in [-0.3, -0.25) is 0 Å². The fourth-order valence-electron chi connectivity index (χ4n) is 2.41. The SMILES string of the molecule is CCCCCCCCOCC=CCOCCCCCCCC. The maximum absolute atomic E-state index is 5.58. The molecule has 0 bridgehead atoms. The van der Waals surface area contributed by atoms with Crippen molar-refractivity contribution in [2.75, 3.05) is 26.4 Å². The molecule has 0 aromatic heterocycles. The average Bonchev–Trinajstić information content (AvgIpc) is 2.54. The predicted octanol–water partition coefficient (Wildman–Crippen LogP) is 6.30. The fraction of sp³-hybridized carbons (Fsp3) is 0.900. The van der Waals surface area contributed by atoms with E-state index in [-0.39, 0.29) is 0 Å². The fourth-order valence-corrected chi connectivity index (χ4v) is 2.41. The zero-order valence-electron chi connectivity index (χ0n) is 15.3. The highest BCUT2D eigenvalue weighted by Gasteiger charge is 1.91. The van der Waals surface area contributed by atoms with E-state index in [1.54, 1.807) is 0 Å². The van der Waals surface area contributed by atoms with Gasteiger partial charge in [-0.05, 0) is 12.8 Å². The van der Waals surface area contributed by atoms with Crippen LogP contribution in [-0.2, 0) is 9.47 Å². The number of hydrogen-bond acceptors (Lipinski definition) is 2. The largest absolute Gasteiger partial charge is 0.377 e. The maximum atomic E-state index is 5.58. The molecule has 0 saturated carbocycles. The summed E-state index contributed by atoms with van der Waals surface area (Å²) in [5.41, 5.74) is 0. The minimum Gasteiger partial charge on any atom is -0.377 e. The van der Waals surface area contributed by atoms with E-state index in [1.807, 2.05) is 0 Å². The van der Waals surface area contributed by atoms with Crippen LogP contribution < -0.4 is 0 Å². The van der Waals surface area contributed by atoms with Gasteiger partial charge in [0.2, 0.25) is 0 Å². The van der Waals surface area contributed by atoms with Gasteiger partial charge in [-0.2, -0.15) is 0 Å². The van der Waals surface area contributed by atoms with Crippen molar-refractivity contribution in [3.63, 3.8) is 0 Å². The predicted molar refractivity (Wildman–Crippen MR) is 97.5 cm³/mol. The monoisotopic (exact) mass is 312 g/mol. The lowest BCUT2D eigenvalue weighted by atomic mass is 10.1. The minimum atomic E-state index is 0.731. The van der Waals surface area contributed by atoms with Crippen molar-refractivity contribution in [2.45, 2.75) is 90.9 Å². The molecule has 0 aromatic rings. The zero-order valence-corrected chi connectivity index (χ0v) is 15.3. The Morgan fingerprint density at radius 2 is 0.864 bits per heavy atom. The molecule has 0 spiro atoms. The average molecular weight is 313 g/mol. The molecule has 132 valence electrons. The molecule has 0 N–H and O–H groups in total. The second-order valence-corrected chi connectivity index (χ2v) is 6.16. The summed E-state index contributed by atoms with van der Waals surface area (Å²) in [6.45, 7) is 7.77. The van der Waals surface area contributed by atoms with E-state index in [0.717, 1.165) is 26.4 Å². The summed E-state index contributed by atoms with van der Waals surface area (Å²) >= 11 is 0. The number of rotatable bonds is 18. The van der Waals surface area contributed by atoms with E-state index in [4.69, 9.17) is 9.47 Å². The second kappa shape index (κ2) is 20.7. The molecule has 0 atom stereocenters. The molecule has 0 aliphatic rings. The Balaban J connectivity index is 3.03. The Morgan fingerprint density at radius 3 is 1.27 bits per heavy atom. The highest BCUT2D eigenvalue weighted by molar-refractivity contribution is 4.81. The Bertz CT molecular complexity index is 192. The van der Waals surface area contributed by atoms with Crippen LogP contribution in [0.4, 0.5) is 0 Å². The van der Waals surface area contributed by atoms with E-state index in [2.05, 4.69) is 26.0 Å². The minimum absolute atomic E-state index is 0.731. The van der Waals surface area contributed by atoms with Gasteiger partial charge in [0.15, 0.2) is 0 Å². The first-order chi connectivity index (χ1) is 10.9. The van der Waals surface area contributed by atoms with Gasteiger partial charge in [-0.1, -0.05) is 90.2 Å². The molecule has 2 heteroatoms. The summed E-state index contributed by atoms with van der Waals surface area (Å²) in [5.74, 6) is 0. The van der Waals surface area contributed by atoms with Gasteiger partial charge in [0.25, 0.3) is 0 Å². The second-order valence-electron chi connectivity index (χ2n) is 6.16. The van der Waals surface area contributed by atoms with Gasteiger partial charge in [-0.25, -0.2) is 0 Å². The molecule has 0 rings (SSSR count). The molecule has 0 aromatic carbocycles. The van der Waals surface area contributed by atoms with Crippen LogP contribution in [0.2, 0.25) is 0 Å². The summed E-state index contributed by atoms with van der Waals surface area (Å²) in [6.07, 6.45) is 20.1. The van der Waals surface area contributed by atoms with E-state index in [0.29, 0.717) is 0 Å². The van der Waals surface area contributed by atoms with Crippen molar-refractivity contribution in [2.24, 2.45) is 0 Å². The van der Waals surface area contributed by atoms with Gasteiger partial charge in [-0.15, -0.1) is 0 Å². The van der Waals surface area contributed by atoms with Gasteiger partial charge >= 0.3 is 0 Å². The molecule has 0 radical (unpaired) electrons. The molecule has 22 heavy (non-hydrogen) atoms. The Kier molecular flexibility index (Phi) is 20.3. The summed E-state index contributed by atoms with van der Waals surface area (Å²) in [5, 5.41) is 0. The lowest BCUT2D eigenvalue weighted by Gasteiger charge is -2.02. The van der Waals surface area contributed by atoms with Crippen LogP contribution in [0, 0.1) is 0 Å². The molecule has 0 aliphatic carbocycles. The Hall–Kier alpha value is -0.340. The topological polar surface area (TPSA) is 18.5 Å². The standard InChI is InChI=1S/C20H40O2/c1-3-5-7-9-11-13-17-21-19-15-16-20-22-18-14-12-10-8-6-4-2/h15-16H,3-14,17-20H2,1-2H3. The summed E-state index contributed by atoms with van der Waals surface area (Å²) in [7, 11) is 0. The van der Waals surface area contributed by atoms with Crippen molar-refractivity contribution in [3.8, 4) is 0 Å². The first kappa shape index (κ1) is 21.7. The Labute approximate surface area is 139 Å². The molecule has 0 amide bonds. The van der Waals surface area contributed by atoms with E-state index in [9.17, 15) is 0 Å². The number of ether oxygens (including phenoxy) is 2. The molecular weight excluding hydrogens is 272 g/mol. The van der Waals surface area contributed by atoms with Gasteiger partial charge in [0.1, 0.15) is 0 Å². The number of unbranched alkanes of at least 4 members (excludes halogenated alkanes) is 10. The van der Waals surface area contributed by atoms with Crippen LogP contribution in [0.25, 0.3) is 0 Å². The molecule has 2 nitrogen and oxygen atoms in total. The molecule has 0 fully saturated rings. The van der Waals surface area contributed by atoms with Gasteiger partial charge in [0, 0.05) is 13.2 Å². The van der Waals surface area contributed by atoms with E-state index >= 15 is 0 Å². The van der Waals surface area contributed by atoms with Crippen LogP contribution in [0.15, 0.2) is 12.2 Å². The zero-order chi connectivity index (χ0) is 16.1. The lowest BCUT2D eigenvalue weighted by Crippen LogP contribution is -1.97. The summed E-state index contributed by atoms with van der Waals surface area (Å²) < 4.78 is 11.2. The molecular formula is C20H40O2. The number of hydrogen-bond donors (Lipinski definition) is 0. The third-order valence-corrected chi connectivity index (χ3v) is 3.88. The van der Waals surface area contributed by atoms with Crippen molar-refractivity contribution >= 4 is 0 Å². The maximum Gasteiger partial charge on any atom is 0.0648 e. The third kappa shape index (κ3) is 19.7. The van der Waals surface area contributed by atoms with Crippen molar-refractivity contribution in [3.05, 3.63) is 12.2 Å². The molecule has 0 unspecified atom stereocenters. The molecule has 0 heterocycles. The molecule has 0 saturated heterocycles. The van der Waals surface area contributed by atoms with Crippen LogP contribution >= 0.6 is 0 Å². The first-order valence-corrected chi connectivity index (χ1v) is 9.72. The van der Waals surface area contributed by atoms with Gasteiger partial charge in [0.05, 0.1) is 13.2 Å². The van der Waals surface area contributed by atoms with Gasteiger partial charge < -0.3 is 9.47 Å². The van der Waals surface area contributed by atoms with Crippen molar-refractivity contribution in [1.82, 2.24) is 0 Å². The van der Waals surface area contributed by atoms with Crippen molar-refractivity contribution < 1.29 is 9.47 Å². The highest BCUT2D eigenvalue weighted by Crippen LogP contribution is 2.05. The van der Waals surface area contributed by atoms with Crippen LogP contribution in [0.3, 0.4) is 0 Å². The smallest absolute Gasteiger partial charge is 0.0648 e. The summed E-state index contributed by atoms with van der Waals surface area (Å²) in [6, 6.07) is 0. The van der Waals surface area contributed by atoms with Crippen LogP contribution in [0.5, 0.6) is 0 Å². The normalized spacial score (nSPS) is 11.5. The lowest BCUT2D eigenvalue weighted by molar-refractivity contribution is 0.149. The van der Waals surface area contributed by atoms with Crippen molar-refractivity contribution in [1.29, 1.82) is 0 Å². The van der Waals surface area contributed by atoms with Crippen LogP contribution in [-0.4, -0.2) is 26.4 Å². The van der Waals surface area contributed by atoms with E-state index < -0.39 is 0 Å². The molecule has 0 aliphatic heterocycles. The highest BCUT2D eigenvalue weighted by atomic mass is 16.5. The van der Waals surface area contributed by atoms with Crippen LogP contribution in [0.1, 0.15) is 90.9 Å². The first-order valence-electron chi connectivity index (χ1n) is 9.72. The Morgan fingerprint density at radius 1 is 0.500 bits per heavy atom. The van der Waals surface area contributed by atoms with E-state index in [1.165, 1.54) is 77.0 Å².